The Morgan fingerprint density at radius 3 is 1.79 bits per heavy atom. The minimum Gasteiger partial charge on any atom is -0.0654 e. The first-order valence-corrected chi connectivity index (χ1v) is 6.30. The normalized spacial score (nSPS) is 17.1. The van der Waals surface area contributed by atoms with E-state index < -0.39 is 0 Å². The van der Waals surface area contributed by atoms with Crippen molar-refractivity contribution in [1.29, 1.82) is 0 Å². The molecule has 0 aromatic heterocycles. The summed E-state index contributed by atoms with van der Waals surface area (Å²) in [5, 5.41) is 0. The fraction of sp³-hybridized carbons (Fsp3) is 1.00. The van der Waals surface area contributed by atoms with Gasteiger partial charge in [-0.25, -0.2) is 0 Å². The molecule has 0 rings (SSSR count). The molecular weight excluding hydrogens is 168 g/mol. The first-order valence-electron chi connectivity index (χ1n) is 6.30. The third-order valence-corrected chi connectivity index (χ3v) is 3.76. The summed E-state index contributed by atoms with van der Waals surface area (Å²) in [6.45, 7) is 16.6. The van der Waals surface area contributed by atoms with Crippen LogP contribution in [0.5, 0.6) is 0 Å². The molecule has 0 aromatic carbocycles. The molecule has 0 spiro atoms. The van der Waals surface area contributed by atoms with Gasteiger partial charge in [-0.2, -0.15) is 0 Å². The predicted octanol–water partition coefficient (Wildman–Crippen LogP) is 5.13. The average molecular weight is 198 g/mol. The van der Waals surface area contributed by atoms with Gasteiger partial charge in [0.2, 0.25) is 0 Å². The fourth-order valence-corrected chi connectivity index (χ4v) is 2.24. The number of rotatable bonds is 5. The number of hydrogen-bond donors (Lipinski definition) is 0. The smallest absolute Gasteiger partial charge is 0.0354 e. The molecule has 0 amide bonds. The van der Waals surface area contributed by atoms with E-state index in [-0.39, 0.29) is 0 Å². The van der Waals surface area contributed by atoms with Crippen molar-refractivity contribution < 1.29 is 0 Å². The van der Waals surface area contributed by atoms with Crippen molar-refractivity contribution in [1.82, 2.24) is 0 Å². The van der Waals surface area contributed by atoms with E-state index in [0.29, 0.717) is 5.41 Å². The Kier molecular flexibility index (Phi) is 5.78. The Morgan fingerprint density at radius 1 is 1.00 bits per heavy atom. The van der Waals surface area contributed by atoms with Crippen molar-refractivity contribution >= 4 is 0 Å². The first kappa shape index (κ1) is 14.0. The maximum atomic E-state index is 2.43. The fourth-order valence-electron chi connectivity index (χ4n) is 2.24. The first-order chi connectivity index (χ1) is 6.30. The van der Waals surface area contributed by atoms with E-state index in [9.17, 15) is 0 Å². The highest BCUT2D eigenvalue weighted by atomic mass is 14.3. The third-order valence-electron chi connectivity index (χ3n) is 3.76. The van der Waals surface area contributed by atoms with Crippen molar-refractivity contribution in [2.75, 3.05) is 0 Å². The highest BCUT2D eigenvalue weighted by Gasteiger charge is 2.29. The van der Waals surface area contributed by atoms with Gasteiger partial charge >= 0.3 is 0 Å². The molecule has 0 heteroatoms. The molecule has 0 nitrogen and oxygen atoms in total. The van der Waals surface area contributed by atoms with Crippen molar-refractivity contribution in [2.45, 2.75) is 67.7 Å². The summed E-state index contributed by atoms with van der Waals surface area (Å²) in [5.74, 6) is 2.56. The molecule has 0 saturated carbocycles. The second kappa shape index (κ2) is 5.78. The molecule has 0 N–H and O–H groups in total. The molecule has 0 saturated heterocycles. The van der Waals surface area contributed by atoms with E-state index >= 15 is 0 Å². The molecule has 0 aromatic rings. The van der Waals surface area contributed by atoms with Gasteiger partial charge in [0, 0.05) is 0 Å². The van der Waals surface area contributed by atoms with Crippen LogP contribution in [0, 0.1) is 23.2 Å². The van der Waals surface area contributed by atoms with Gasteiger partial charge in [-0.05, 0) is 29.6 Å². The average Bonchev–Trinajstić information content (AvgIpc) is 2.02. The molecule has 0 fully saturated rings. The zero-order chi connectivity index (χ0) is 11.4. The molecule has 86 valence electrons. The van der Waals surface area contributed by atoms with Gasteiger partial charge < -0.3 is 0 Å². The van der Waals surface area contributed by atoms with Gasteiger partial charge in [0.05, 0.1) is 0 Å². The second-order valence-electron chi connectivity index (χ2n) is 6.20. The van der Waals surface area contributed by atoms with Crippen LogP contribution in [0.1, 0.15) is 67.7 Å². The maximum Gasteiger partial charge on any atom is -0.0354 e. The maximum absolute atomic E-state index is 2.43. The monoisotopic (exact) mass is 198 g/mol. The number of hydrogen-bond acceptors (Lipinski definition) is 0. The van der Waals surface area contributed by atoms with Gasteiger partial charge in [-0.15, -0.1) is 0 Å². The summed E-state index contributed by atoms with van der Waals surface area (Å²) in [6, 6.07) is 0. The van der Waals surface area contributed by atoms with E-state index in [4.69, 9.17) is 0 Å². The largest absolute Gasteiger partial charge is 0.0654 e. The molecular formula is C14H30. The topological polar surface area (TPSA) is 0 Å². The lowest BCUT2D eigenvalue weighted by Crippen LogP contribution is -2.29. The van der Waals surface area contributed by atoms with Crippen LogP contribution in [0.4, 0.5) is 0 Å². The summed E-state index contributed by atoms with van der Waals surface area (Å²) < 4.78 is 0. The Labute approximate surface area is 91.5 Å². The van der Waals surface area contributed by atoms with Gasteiger partial charge in [0.25, 0.3) is 0 Å². The van der Waals surface area contributed by atoms with Crippen LogP contribution in [-0.4, -0.2) is 0 Å². The minimum atomic E-state index is 0.461. The Morgan fingerprint density at radius 2 is 1.50 bits per heavy atom. The summed E-state index contributed by atoms with van der Waals surface area (Å²) in [6.07, 6.45) is 4.13. The standard InChI is InChI=1S/C14H30/c1-8-9-10-13(11(2)3)12(4)14(5,6)7/h11-13H,8-10H2,1-7H3. The summed E-state index contributed by atoms with van der Waals surface area (Å²) >= 11 is 0. The second-order valence-corrected chi connectivity index (χ2v) is 6.20. The van der Waals surface area contributed by atoms with E-state index in [1.807, 2.05) is 0 Å². The minimum absolute atomic E-state index is 0.461. The summed E-state index contributed by atoms with van der Waals surface area (Å²) in [5.41, 5.74) is 0.461. The van der Waals surface area contributed by atoms with Crippen LogP contribution in [0.3, 0.4) is 0 Å². The molecule has 0 radical (unpaired) electrons. The van der Waals surface area contributed by atoms with Crippen molar-refractivity contribution in [3.05, 3.63) is 0 Å². The highest BCUT2D eigenvalue weighted by molar-refractivity contribution is 4.79. The van der Waals surface area contributed by atoms with Crippen LogP contribution >= 0.6 is 0 Å². The molecule has 0 bridgehead atoms. The van der Waals surface area contributed by atoms with E-state index in [2.05, 4.69) is 48.5 Å². The molecule has 0 heterocycles. The Bertz CT molecular complexity index is 139. The van der Waals surface area contributed by atoms with Gasteiger partial charge in [-0.1, -0.05) is 61.3 Å². The molecule has 0 aliphatic rings. The van der Waals surface area contributed by atoms with Gasteiger partial charge in [0.1, 0.15) is 0 Å². The van der Waals surface area contributed by atoms with Crippen molar-refractivity contribution in [3.63, 3.8) is 0 Å². The summed E-state index contributed by atoms with van der Waals surface area (Å²) in [7, 11) is 0. The van der Waals surface area contributed by atoms with Crippen molar-refractivity contribution in [2.24, 2.45) is 23.2 Å². The van der Waals surface area contributed by atoms with Crippen molar-refractivity contribution in [3.8, 4) is 0 Å². The zero-order valence-electron chi connectivity index (χ0n) is 11.4. The Balaban J connectivity index is 4.33. The van der Waals surface area contributed by atoms with Gasteiger partial charge in [0.15, 0.2) is 0 Å². The van der Waals surface area contributed by atoms with Crippen LogP contribution in [0.2, 0.25) is 0 Å². The van der Waals surface area contributed by atoms with E-state index in [0.717, 1.165) is 17.8 Å². The van der Waals surface area contributed by atoms with Crippen LogP contribution in [-0.2, 0) is 0 Å². The Hall–Kier alpha value is 0. The van der Waals surface area contributed by atoms with E-state index in [1.54, 1.807) is 0 Å². The lowest BCUT2D eigenvalue weighted by Gasteiger charge is -2.37. The lowest BCUT2D eigenvalue weighted by molar-refractivity contribution is 0.128. The highest BCUT2D eigenvalue weighted by Crippen LogP contribution is 2.37. The van der Waals surface area contributed by atoms with E-state index in [1.165, 1.54) is 19.3 Å². The SMILES string of the molecule is CCCCC(C(C)C)C(C)C(C)(C)C. The molecule has 2 unspecified atom stereocenters. The summed E-state index contributed by atoms with van der Waals surface area (Å²) in [4.78, 5) is 0. The quantitative estimate of drug-likeness (QED) is 0.574. The molecule has 2 atom stereocenters. The molecule has 14 heavy (non-hydrogen) atoms. The molecule has 0 aliphatic carbocycles. The van der Waals surface area contributed by atoms with Gasteiger partial charge in [-0.3, -0.25) is 0 Å². The van der Waals surface area contributed by atoms with Crippen LogP contribution < -0.4 is 0 Å². The predicted molar refractivity (Wildman–Crippen MR) is 66.5 cm³/mol. The lowest BCUT2D eigenvalue weighted by atomic mass is 9.69. The van der Waals surface area contributed by atoms with Crippen LogP contribution in [0.25, 0.3) is 0 Å². The van der Waals surface area contributed by atoms with Crippen LogP contribution in [0.15, 0.2) is 0 Å². The third kappa shape index (κ3) is 4.48. The molecule has 0 aliphatic heterocycles. The number of unbranched alkanes of at least 4 members (excludes halogenated alkanes) is 1. The zero-order valence-corrected chi connectivity index (χ0v) is 11.4.